The maximum absolute atomic E-state index is 10.7. The molecule has 0 amide bonds. The molecule has 0 aliphatic carbocycles. The third-order valence-corrected chi connectivity index (χ3v) is 2.10. The Morgan fingerprint density at radius 1 is 1.00 bits per heavy atom. The van der Waals surface area contributed by atoms with Crippen molar-refractivity contribution in [3.8, 4) is 0 Å². The number of hydrogen-bond acceptors (Lipinski definition) is 1. The van der Waals surface area contributed by atoms with Crippen molar-refractivity contribution in [2.75, 3.05) is 28.2 Å². The molecule has 0 saturated heterocycles. The molecule has 0 radical (unpaired) electrons. The number of halogens is 6. The summed E-state index contributed by atoms with van der Waals surface area (Å²) >= 11 is 0. The second-order valence-corrected chi connectivity index (χ2v) is 7.30. The molecule has 0 fully saturated rings. The fourth-order valence-corrected chi connectivity index (χ4v) is 1.62. The normalized spacial score (nSPS) is 14.8. The van der Waals surface area contributed by atoms with Crippen LogP contribution < -0.4 is 0 Å². The van der Waals surface area contributed by atoms with Gasteiger partial charge in [0.05, 0.1) is 0 Å². The first kappa shape index (κ1) is 21.4. The van der Waals surface area contributed by atoms with E-state index in [0.29, 0.717) is 0 Å². The molecule has 0 N–H and O–H groups in total. The molecule has 2 nitrogen and oxygen atoms in total. The van der Waals surface area contributed by atoms with Crippen LogP contribution in [0.4, 0.5) is 25.2 Å². The summed E-state index contributed by atoms with van der Waals surface area (Å²) in [7, 11) is -2.46. The molecule has 0 heterocycles. The van der Waals surface area contributed by atoms with Crippen LogP contribution in [-0.4, -0.2) is 43.9 Å². The van der Waals surface area contributed by atoms with Crippen molar-refractivity contribution < 1.29 is 29.8 Å². The van der Waals surface area contributed by atoms with Crippen LogP contribution in [0.5, 0.6) is 0 Å². The van der Waals surface area contributed by atoms with Crippen molar-refractivity contribution in [3.63, 3.8) is 0 Å². The van der Waals surface area contributed by atoms with Gasteiger partial charge >= 0.3 is 33.0 Å². The van der Waals surface area contributed by atoms with Gasteiger partial charge in [0.25, 0.3) is 0 Å². The number of rotatable bonds is 4. The predicted octanol–water partition coefficient (Wildman–Crippen LogP) is 5.40. The van der Waals surface area contributed by atoms with Crippen LogP contribution in [0.3, 0.4) is 0 Å². The Morgan fingerprint density at radius 2 is 1.43 bits per heavy atom. The first-order valence-electron chi connectivity index (χ1n) is 6.51. The van der Waals surface area contributed by atoms with Gasteiger partial charge in [-0.05, 0) is 5.56 Å². The van der Waals surface area contributed by atoms with E-state index in [0.717, 1.165) is 6.42 Å². The van der Waals surface area contributed by atoms with E-state index in [1.807, 2.05) is 0 Å². The minimum atomic E-state index is -10.7. The third-order valence-electron chi connectivity index (χ3n) is 2.10. The summed E-state index contributed by atoms with van der Waals surface area (Å²) in [6.45, 7) is 0. The quantitative estimate of drug-likeness (QED) is 0.301. The molecule has 1 aromatic rings. The molecular formula is C14H21F6N2P. The molecule has 0 saturated carbocycles. The topological polar surface area (TPSA) is 6.25 Å². The van der Waals surface area contributed by atoms with Crippen LogP contribution in [0, 0.1) is 0 Å². The molecule has 1 rings (SSSR count). The summed E-state index contributed by atoms with van der Waals surface area (Å²) in [5, 5.41) is 0. The Morgan fingerprint density at radius 3 is 1.78 bits per heavy atom. The average Bonchev–Trinajstić information content (AvgIpc) is 2.23. The van der Waals surface area contributed by atoms with Gasteiger partial charge in [0.15, 0.2) is 6.21 Å². The van der Waals surface area contributed by atoms with Gasteiger partial charge in [-0.3, -0.25) is 0 Å². The maximum atomic E-state index is 9.87. The summed E-state index contributed by atoms with van der Waals surface area (Å²) < 4.78 is 61.3. The molecule has 0 aromatic heterocycles. The van der Waals surface area contributed by atoms with Crippen LogP contribution in [0.2, 0.25) is 0 Å². The van der Waals surface area contributed by atoms with Crippen LogP contribution in [-0.2, 0) is 6.42 Å². The Kier molecular flexibility index (Phi) is 6.44. The van der Waals surface area contributed by atoms with Crippen molar-refractivity contribution in [2.45, 2.75) is 6.42 Å². The Bertz CT molecular complexity index is 546. The number of allylic oxidation sites excluding steroid dienone is 1. The van der Waals surface area contributed by atoms with E-state index >= 15 is 0 Å². The number of nitrogens with zero attached hydrogens (tertiary/aromatic N) is 2. The summed E-state index contributed by atoms with van der Waals surface area (Å²) in [6, 6.07) is 10.5. The van der Waals surface area contributed by atoms with Crippen molar-refractivity contribution in [1.82, 2.24) is 4.90 Å². The van der Waals surface area contributed by atoms with Gasteiger partial charge in [-0.1, -0.05) is 30.3 Å². The summed E-state index contributed by atoms with van der Waals surface area (Å²) in [6.07, 6.45) is 5.29. The molecule has 0 aliphatic heterocycles. The Labute approximate surface area is 132 Å². The average molecular weight is 362 g/mol. The minimum absolute atomic E-state index is 0.969. The van der Waals surface area contributed by atoms with E-state index in [9.17, 15) is 25.2 Å². The standard InChI is InChI=1S/C14H21N2.F6P/c1-15(2)11-14(12-16(3)4)10-13-8-6-5-7-9-13;1-7(2,3,4,5)6/h5-9,11-12H,10H2,1-4H3;/q+1;-1. The number of benzene rings is 1. The SMILES string of the molecule is CN(C)/C=C(/C=[N+](C)C)Cc1ccccc1.F[P-](F)(F)(F)(F)F. The molecule has 0 unspecified atom stereocenters. The van der Waals surface area contributed by atoms with E-state index in [1.165, 1.54) is 11.1 Å². The summed E-state index contributed by atoms with van der Waals surface area (Å²) in [5.74, 6) is 0. The van der Waals surface area contributed by atoms with Gasteiger partial charge < -0.3 is 4.90 Å². The monoisotopic (exact) mass is 362 g/mol. The molecule has 1 aromatic carbocycles. The van der Waals surface area contributed by atoms with E-state index in [4.69, 9.17) is 0 Å². The van der Waals surface area contributed by atoms with Crippen LogP contribution in [0.1, 0.15) is 5.56 Å². The van der Waals surface area contributed by atoms with Crippen molar-refractivity contribution in [2.24, 2.45) is 0 Å². The molecule has 23 heavy (non-hydrogen) atoms. The Balaban J connectivity index is 0.000000585. The summed E-state index contributed by atoms with van der Waals surface area (Å²) in [5.41, 5.74) is 2.65. The zero-order valence-corrected chi connectivity index (χ0v) is 14.3. The van der Waals surface area contributed by atoms with Crippen LogP contribution in [0.15, 0.2) is 42.1 Å². The van der Waals surface area contributed by atoms with E-state index in [2.05, 4.69) is 80.4 Å². The fourth-order valence-electron chi connectivity index (χ4n) is 1.62. The van der Waals surface area contributed by atoms with Gasteiger partial charge in [0.1, 0.15) is 14.1 Å². The van der Waals surface area contributed by atoms with E-state index < -0.39 is 7.81 Å². The second-order valence-electron chi connectivity index (χ2n) is 5.38. The predicted molar refractivity (Wildman–Crippen MR) is 83.7 cm³/mol. The summed E-state index contributed by atoms with van der Waals surface area (Å²) in [4.78, 5) is 2.08. The van der Waals surface area contributed by atoms with Gasteiger partial charge in [0.2, 0.25) is 0 Å². The second kappa shape index (κ2) is 6.91. The van der Waals surface area contributed by atoms with E-state index in [-0.39, 0.29) is 0 Å². The zero-order valence-electron chi connectivity index (χ0n) is 13.4. The number of hydrogen-bond donors (Lipinski definition) is 0. The third kappa shape index (κ3) is 20.4. The zero-order chi connectivity index (χ0) is 18.4. The van der Waals surface area contributed by atoms with Crippen molar-refractivity contribution >= 4 is 14.0 Å². The fraction of sp³-hybridized carbons (Fsp3) is 0.357. The van der Waals surface area contributed by atoms with Crippen molar-refractivity contribution in [3.05, 3.63) is 47.7 Å². The molecule has 134 valence electrons. The molecule has 0 bridgehead atoms. The van der Waals surface area contributed by atoms with Crippen LogP contribution in [0.25, 0.3) is 0 Å². The molecule has 9 heteroatoms. The first-order chi connectivity index (χ1) is 10.0. The van der Waals surface area contributed by atoms with Gasteiger partial charge in [0, 0.05) is 32.3 Å². The van der Waals surface area contributed by atoms with Gasteiger partial charge in [-0.25, -0.2) is 4.58 Å². The Hall–Kier alpha value is -1.56. The van der Waals surface area contributed by atoms with Crippen molar-refractivity contribution in [1.29, 1.82) is 0 Å². The van der Waals surface area contributed by atoms with E-state index in [1.54, 1.807) is 0 Å². The molecule has 0 spiro atoms. The molecular weight excluding hydrogens is 341 g/mol. The van der Waals surface area contributed by atoms with Gasteiger partial charge in [-0.15, -0.1) is 0 Å². The molecule has 0 aliphatic rings. The molecule has 0 atom stereocenters. The first-order valence-corrected chi connectivity index (χ1v) is 8.54. The van der Waals surface area contributed by atoms with Gasteiger partial charge in [-0.2, -0.15) is 0 Å². The van der Waals surface area contributed by atoms with Crippen LogP contribution >= 0.6 is 7.81 Å².